The Hall–Kier alpha value is -1.51. The standard InChI is InChI=1S/C14H21N3O4S/c1-3-12-4-5-13(17(18)19)8-14(12)22(20,21)16-7-6-11(10-16)9-15-2/h4-5,8,11,15H,3,6-7,9-10H2,1-2H3. The highest BCUT2D eigenvalue weighted by Gasteiger charge is 2.34. The van der Waals surface area contributed by atoms with Crippen LogP contribution in [0.5, 0.6) is 0 Å². The second-order valence-electron chi connectivity index (χ2n) is 5.48. The third kappa shape index (κ3) is 3.29. The third-order valence-electron chi connectivity index (χ3n) is 4.00. The molecule has 2 rings (SSSR count). The van der Waals surface area contributed by atoms with Gasteiger partial charge in [-0.15, -0.1) is 0 Å². The highest BCUT2D eigenvalue weighted by molar-refractivity contribution is 7.89. The van der Waals surface area contributed by atoms with E-state index in [0.29, 0.717) is 25.1 Å². The number of rotatable bonds is 6. The molecular weight excluding hydrogens is 306 g/mol. The van der Waals surface area contributed by atoms with Gasteiger partial charge in [-0.1, -0.05) is 13.0 Å². The van der Waals surface area contributed by atoms with E-state index in [-0.39, 0.29) is 16.5 Å². The first kappa shape index (κ1) is 16.9. The van der Waals surface area contributed by atoms with Gasteiger partial charge in [0.1, 0.15) is 0 Å². The minimum absolute atomic E-state index is 0.0642. The Kier molecular flexibility index (Phi) is 5.15. The first-order chi connectivity index (χ1) is 10.4. The molecule has 8 heteroatoms. The fourth-order valence-corrected chi connectivity index (χ4v) is 4.64. The average molecular weight is 327 g/mol. The van der Waals surface area contributed by atoms with Crippen molar-refractivity contribution in [2.75, 3.05) is 26.7 Å². The molecule has 0 bridgehead atoms. The van der Waals surface area contributed by atoms with Crippen molar-refractivity contribution in [3.63, 3.8) is 0 Å². The van der Waals surface area contributed by atoms with Gasteiger partial charge in [0.25, 0.3) is 5.69 Å². The van der Waals surface area contributed by atoms with Crippen LogP contribution in [0.3, 0.4) is 0 Å². The van der Waals surface area contributed by atoms with Crippen LogP contribution in [-0.2, 0) is 16.4 Å². The SMILES string of the molecule is CCc1ccc([N+](=O)[O-])cc1S(=O)(=O)N1CCC(CNC)C1. The highest BCUT2D eigenvalue weighted by Crippen LogP contribution is 2.29. The second-order valence-corrected chi connectivity index (χ2v) is 7.38. The van der Waals surface area contributed by atoms with E-state index in [1.54, 1.807) is 0 Å². The van der Waals surface area contributed by atoms with Crippen molar-refractivity contribution in [2.24, 2.45) is 5.92 Å². The number of hydrogen-bond acceptors (Lipinski definition) is 5. The van der Waals surface area contributed by atoms with Gasteiger partial charge in [-0.2, -0.15) is 4.31 Å². The summed E-state index contributed by atoms with van der Waals surface area (Å²) in [5, 5.41) is 14.0. The second kappa shape index (κ2) is 6.72. The van der Waals surface area contributed by atoms with E-state index in [1.807, 2.05) is 14.0 Å². The molecule has 1 fully saturated rings. The molecule has 0 aliphatic carbocycles. The van der Waals surface area contributed by atoms with Crippen molar-refractivity contribution >= 4 is 15.7 Å². The third-order valence-corrected chi connectivity index (χ3v) is 5.95. The first-order valence-corrected chi connectivity index (χ1v) is 8.76. The van der Waals surface area contributed by atoms with Gasteiger partial charge < -0.3 is 5.32 Å². The van der Waals surface area contributed by atoms with Crippen LogP contribution in [0.1, 0.15) is 18.9 Å². The van der Waals surface area contributed by atoms with Gasteiger partial charge >= 0.3 is 0 Å². The lowest BCUT2D eigenvalue weighted by Crippen LogP contribution is -2.31. The number of benzene rings is 1. The Labute approximate surface area is 130 Å². The topological polar surface area (TPSA) is 92.5 Å². The molecule has 1 heterocycles. The predicted molar refractivity (Wildman–Crippen MR) is 83.3 cm³/mol. The van der Waals surface area contributed by atoms with Gasteiger partial charge in [-0.3, -0.25) is 10.1 Å². The van der Waals surface area contributed by atoms with Crippen molar-refractivity contribution in [3.05, 3.63) is 33.9 Å². The zero-order valence-corrected chi connectivity index (χ0v) is 13.6. The molecule has 22 heavy (non-hydrogen) atoms. The van der Waals surface area contributed by atoms with Gasteiger partial charge in [-0.25, -0.2) is 8.42 Å². The van der Waals surface area contributed by atoms with E-state index in [4.69, 9.17) is 0 Å². The summed E-state index contributed by atoms with van der Waals surface area (Å²) >= 11 is 0. The molecule has 1 aliphatic heterocycles. The molecular formula is C14H21N3O4S. The van der Waals surface area contributed by atoms with E-state index < -0.39 is 14.9 Å². The summed E-state index contributed by atoms with van der Waals surface area (Å²) in [6, 6.07) is 4.07. The maximum Gasteiger partial charge on any atom is 0.270 e. The van der Waals surface area contributed by atoms with Gasteiger partial charge in [-0.05, 0) is 37.9 Å². The largest absolute Gasteiger partial charge is 0.319 e. The molecule has 1 aromatic carbocycles. The summed E-state index contributed by atoms with van der Waals surface area (Å²) in [5.74, 6) is 0.281. The molecule has 1 atom stereocenters. The van der Waals surface area contributed by atoms with Crippen LogP contribution < -0.4 is 5.32 Å². The minimum atomic E-state index is -3.69. The van der Waals surface area contributed by atoms with Crippen LogP contribution in [0.25, 0.3) is 0 Å². The lowest BCUT2D eigenvalue weighted by Gasteiger charge is -2.18. The van der Waals surface area contributed by atoms with Gasteiger partial charge in [0.2, 0.25) is 10.0 Å². The lowest BCUT2D eigenvalue weighted by molar-refractivity contribution is -0.385. The highest BCUT2D eigenvalue weighted by atomic mass is 32.2. The zero-order valence-electron chi connectivity index (χ0n) is 12.8. The predicted octanol–water partition coefficient (Wildman–Crippen LogP) is 1.39. The van der Waals surface area contributed by atoms with E-state index in [1.165, 1.54) is 22.5 Å². The molecule has 0 saturated carbocycles. The zero-order chi connectivity index (χ0) is 16.3. The minimum Gasteiger partial charge on any atom is -0.319 e. The molecule has 0 aromatic heterocycles. The normalized spacial score (nSPS) is 19.5. The molecule has 122 valence electrons. The summed E-state index contributed by atoms with van der Waals surface area (Å²) in [6.07, 6.45) is 1.32. The number of nitrogens with one attached hydrogen (secondary N) is 1. The Morgan fingerprint density at radius 3 is 2.77 bits per heavy atom. The monoisotopic (exact) mass is 327 g/mol. The summed E-state index contributed by atoms with van der Waals surface area (Å²) < 4.78 is 27.1. The molecule has 0 spiro atoms. The fourth-order valence-electron chi connectivity index (χ4n) is 2.80. The molecule has 1 aromatic rings. The van der Waals surface area contributed by atoms with E-state index in [2.05, 4.69) is 5.32 Å². The lowest BCUT2D eigenvalue weighted by atomic mass is 10.1. The summed E-state index contributed by atoms with van der Waals surface area (Å²) in [7, 11) is -1.85. The summed E-state index contributed by atoms with van der Waals surface area (Å²) in [4.78, 5) is 10.4. The van der Waals surface area contributed by atoms with Crippen molar-refractivity contribution in [1.29, 1.82) is 0 Å². The van der Waals surface area contributed by atoms with Gasteiger partial charge in [0.05, 0.1) is 9.82 Å². The molecule has 1 unspecified atom stereocenters. The number of nitrogens with zero attached hydrogens (tertiary/aromatic N) is 2. The smallest absolute Gasteiger partial charge is 0.270 e. The molecule has 1 saturated heterocycles. The van der Waals surface area contributed by atoms with Crippen molar-refractivity contribution < 1.29 is 13.3 Å². The van der Waals surface area contributed by atoms with Crippen LogP contribution >= 0.6 is 0 Å². The van der Waals surface area contributed by atoms with Crippen LogP contribution in [0, 0.1) is 16.0 Å². The fraction of sp³-hybridized carbons (Fsp3) is 0.571. The molecule has 1 aliphatic rings. The van der Waals surface area contributed by atoms with Crippen molar-refractivity contribution in [2.45, 2.75) is 24.7 Å². The van der Waals surface area contributed by atoms with Crippen LogP contribution in [-0.4, -0.2) is 44.3 Å². The van der Waals surface area contributed by atoms with Crippen LogP contribution in [0.15, 0.2) is 23.1 Å². The Bertz CT molecular complexity index is 660. The Morgan fingerprint density at radius 2 is 2.18 bits per heavy atom. The Morgan fingerprint density at radius 1 is 1.45 bits per heavy atom. The van der Waals surface area contributed by atoms with E-state index in [9.17, 15) is 18.5 Å². The number of hydrogen-bond donors (Lipinski definition) is 1. The molecule has 7 nitrogen and oxygen atoms in total. The number of sulfonamides is 1. The number of non-ortho nitro benzene ring substituents is 1. The Balaban J connectivity index is 2.36. The maximum absolute atomic E-state index is 12.8. The summed E-state index contributed by atoms with van der Waals surface area (Å²) in [6.45, 7) is 3.52. The number of nitro groups is 1. The number of nitro benzene ring substituents is 1. The van der Waals surface area contributed by atoms with Crippen LogP contribution in [0.2, 0.25) is 0 Å². The van der Waals surface area contributed by atoms with Gasteiger partial charge in [0, 0.05) is 25.2 Å². The average Bonchev–Trinajstić information content (AvgIpc) is 2.96. The van der Waals surface area contributed by atoms with Crippen molar-refractivity contribution in [3.8, 4) is 0 Å². The molecule has 0 amide bonds. The van der Waals surface area contributed by atoms with E-state index in [0.717, 1.165) is 13.0 Å². The quantitative estimate of drug-likeness (QED) is 0.629. The maximum atomic E-state index is 12.8. The van der Waals surface area contributed by atoms with Gasteiger partial charge in [0.15, 0.2) is 0 Å². The number of aryl methyl sites for hydroxylation is 1. The van der Waals surface area contributed by atoms with Crippen molar-refractivity contribution in [1.82, 2.24) is 9.62 Å². The molecule has 0 radical (unpaired) electrons. The van der Waals surface area contributed by atoms with Crippen LogP contribution in [0.4, 0.5) is 5.69 Å². The van der Waals surface area contributed by atoms with E-state index >= 15 is 0 Å². The molecule has 1 N–H and O–H groups in total. The summed E-state index contributed by atoms with van der Waals surface area (Å²) in [5.41, 5.74) is 0.421. The first-order valence-electron chi connectivity index (χ1n) is 7.32.